The highest BCUT2D eigenvalue weighted by Crippen LogP contribution is 2.37. The summed E-state index contributed by atoms with van der Waals surface area (Å²) in [5, 5.41) is 0.688. The van der Waals surface area contributed by atoms with Crippen molar-refractivity contribution >= 4 is 27.5 Å². The van der Waals surface area contributed by atoms with Crippen molar-refractivity contribution in [1.29, 1.82) is 0 Å². The van der Waals surface area contributed by atoms with E-state index in [4.69, 9.17) is 21.1 Å². The molecule has 0 N–H and O–H groups in total. The minimum absolute atomic E-state index is 0.168. The van der Waals surface area contributed by atoms with Crippen molar-refractivity contribution in [2.45, 2.75) is 11.2 Å². The van der Waals surface area contributed by atoms with Gasteiger partial charge in [0.2, 0.25) is 6.79 Å². The maximum absolute atomic E-state index is 6.12. The number of halogens is 2. The number of fused-ring (bicyclic) bond motifs is 1. The maximum atomic E-state index is 6.12. The van der Waals surface area contributed by atoms with Gasteiger partial charge >= 0.3 is 0 Å². The van der Waals surface area contributed by atoms with Crippen molar-refractivity contribution in [2.75, 3.05) is 6.79 Å². The Balaban J connectivity index is 1.81. The van der Waals surface area contributed by atoms with Gasteiger partial charge in [-0.2, -0.15) is 0 Å². The molecule has 0 amide bonds. The van der Waals surface area contributed by atoms with Gasteiger partial charge in [-0.3, -0.25) is 4.98 Å². The summed E-state index contributed by atoms with van der Waals surface area (Å²) in [5.41, 5.74) is 2.20. The van der Waals surface area contributed by atoms with Crippen LogP contribution in [-0.2, 0) is 6.42 Å². The van der Waals surface area contributed by atoms with E-state index in [0.29, 0.717) is 11.8 Å². The van der Waals surface area contributed by atoms with Gasteiger partial charge in [-0.15, -0.1) is 0 Å². The third kappa shape index (κ3) is 2.69. The summed E-state index contributed by atoms with van der Waals surface area (Å²) in [5.74, 6) is 1.59. The van der Waals surface area contributed by atoms with Gasteiger partial charge in [-0.05, 0) is 35.7 Å². The second-order valence-electron chi connectivity index (χ2n) is 4.25. The van der Waals surface area contributed by atoms with Crippen molar-refractivity contribution in [1.82, 2.24) is 4.98 Å². The molecule has 98 valence electrons. The lowest BCUT2D eigenvalue weighted by Gasteiger charge is -2.12. The van der Waals surface area contributed by atoms with E-state index in [1.165, 1.54) is 0 Å². The molecule has 3 nitrogen and oxygen atoms in total. The van der Waals surface area contributed by atoms with E-state index in [0.717, 1.165) is 29.0 Å². The Morgan fingerprint density at radius 2 is 2.11 bits per heavy atom. The first-order chi connectivity index (χ1) is 9.24. The molecule has 1 aromatic carbocycles. The summed E-state index contributed by atoms with van der Waals surface area (Å²) >= 11 is 9.81. The Bertz CT molecular complexity index is 606. The van der Waals surface area contributed by atoms with Gasteiger partial charge in [0.1, 0.15) is 0 Å². The van der Waals surface area contributed by atoms with E-state index in [1.807, 2.05) is 24.3 Å². The summed E-state index contributed by atoms with van der Waals surface area (Å²) < 4.78 is 10.7. The Kier molecular flexibility index (Phi) is 3.62. The second kappa shape index (κ2) is 5.39. The molecule has 2 aromatic rings. The lowest BCUT2D eigenvalue weighted by atomic mass is 10.0. The normalized spacial score (nSPS) is 14.4. The van der Waals surface area contributed by atoms with Crippen LogP contribution < -0.4 is 9.47 Å². The van der Waals surface area contributed by atoms with Crippen LogP contribution in [0.25, 0.3) is 0 Å². The number of hydrogen-bond acceptors (Lipinski definition) is 3. The molecule has 1 unspecified atom stereocenters. The molecule has 0 saturated heterocycles. The largest absolute Gasteiger partial charge is 0.454 e. The monoisotopic (exact) mass is 339 g/mol. The summed E-state index contributed by atoms with van der Waals surface area (Å²) in [4.78, 5) is 4.16. The average molecular weight is 341 g/mol. The summed E-state index contributed by atoms with van der Waals surface area (Å²) in [7, 11) is 0. The minimum Gasteiger partial charge on any atom is -0.454 e. The highest BCUT2D eigenvalue weighted by molar-refractivity contribution is 9.09. The van der Waals surface area contributed by atoms with E-state index < -0.39 is 0 Å². The second-order valence-corrected chi connectivity index (χ2v) is 5.76. The molecule has 0 radical (unpaired) electrons. The number of pyridine rings is 1. The third-order valence-corrected chi connectivity index (χ3v) is 4.21. The van der Waals surface area contributed by atoms with Gasteiger partial charge in [0.05, 0.1) is 5.02 Å². The smallest absolute Gasteiger partial charge is 0.231 e. The van der Waals surface area contributed by atoms with Crippen LogP contribution in [0.1, 0.15) is 16.0 Å². The molecular weight excluding hydrogens is 330 g/mol. The highest BCUT2D eigenvalue weighted by atomic mass is 79.9. The van der Waals surface area contributed by atoms with E-state index in [-0.39, 0.29) is 4.83 Å². The van der Waals surface area contributed by atoms with Crippen LogP contribution in [0.4, 0.5) is 0 Å². The zero-order valence-corrected chi connectivity index (χ0v) is 12.3. The van der Waals surface area contributed by atoms with Gasteiger partial charge in [0, 0.05) is 17.2 Å². The molecule has 1 aromatic heterocycles. The zero-order chi connectivity index (χ0) is 13.2. The van der Waals surface area contributed by atoms with Crippen molar-refractivity contribution in [3.8, 4) is 11.5 Å². The lowest BCUT2D eigenvalue weighted by molar-refractivity contribution is 0.174. The first-order valence-corrected chi connectivity index (χ1v) is 7.15. The van der Waals surface area contributed by atoms with E-state index in [2.05, 4.69) is 20.9 Å². The van der Waals surface area contributed by atoms with Crippen LogP contribution in [0.15, 0.2) is 36.7 Å². The molecule has 2 heterocycles. The molecule has 1 aliphatic heterocycles. The quantitative estimate of drug-likeness (QED) is 0.787. The van der Waals surface area contributed by atoms with Gasteiger partial charge in [-0.1, -0.05) is 33.6 Å². The molecule has 3 rings (SSSR count). The van der Waals surface area contributed by atoms with Crippen molar-refractivity contribution in [3.05, 3.63) is 52.8 Å². The number of alkyl halides is 1. The van der Waals surface area contributed by atoms with Crippen LogP contribution in [-0.4, -0.2) is 11.8 Å². The number of aromatic nitrogens is 1. The fourth-order valence-corrected chi connectivity index (χ4v) is 2.82. The highest BCUT2D eigenvalue weighted by Gasteiger charge is 2.17. The average Bonchev–Trinajstić information content (AvgIpc) is 2.88. The van der Waals surface area contributed by atoms with Gasteiger partial charge in [-0.25, -0.2) is 0 Å². The number of hydrogen-bond donors (Lipinski definition) is 0. The SMILES string of the molecule is Clc1cnccc1CC(Br)c1ccc2c(c1)OCO2. The topological polar surface area (TPSA) is 31.4 Å². The Labute approximate surface area is 124 Å². The first kappa shape index (κ1) is 12.8. The molecule has 0 spiro atoms. The predicted molar refractivity (Wildman–Crippen MR) is 77.2 cm³/mol. The summed E-state index contributed by atoms with van der Waals surface area (Å²) in [6.07, 6.45) is 4.21. The first-order valence-electron chi connectivity index (χ1n) is 5.86. The number of rotatable bonds is 3. The number of ether oxygens (including phenoxy) is 2. The molecule has 19 heavy (non-hydrogen) atoms. The fraction of sp³-hybridized carbons (Fsp3) is 0.214. The van der Waals surface area contributed by atoms with Crippen LogP contribution >= 0.6 is 27.5 Å². The lowest BCUT2D eigenvalue weighted by Crippen LogP contribution is -1.97. The minimum atomic E-state index is 0.168. The Morgan fingerprint density at radius 1 is 1.26 bits per heavy atom. The third-order valence-electron chi connectivity index (χ3n) is 3.01. The zero-order valence-electron chi connectivity index (χ0n) is 9.98. The summed E-state index contributed by atoms with van der Waals surface area (Å²) in [6, 6.07) is 7.89. The molecular formula is C14H11BrClNO2. The number of benzene rings is 1. The Morgan fingerprint density at radius 3 is 2.95 bits per heavy atom. The summed E-state index contributed by atoms with van der Waals surface area (Å²) in [6.45, 7) is 0.294. The maximum Gasteiger partial charge on any atom is 0.231 e. The molecule has 5 heteroatoms. The molecule has 0 aliphatic carbocycles. The van der Waals surface area contributed by atoms with Crippen molar-refractivity contribution < 1.29 is 9.47 Å². The molecule has 1 aliphatic rings. The number of nitrogens with zero attached hydrogens (tertiary/aromatic N) is 1. The van der Waals surface area contributed by atoms with Crippen LogP contribution in [0, 0.1) is 0 Å². The van der Waals surface area contributed by atoms with Gasteiger partial charge in [0.25, 0.3) is 0 Å². The molecule has 0 bridgehead atoms. The van der Waals surface area contributed by atoms with Crippen LogP contribution in [0.2, 0.25) is 5.02 Å². The molecule has 0 saturated carbocycles. The molecule has 0 fully saturated rings. The fourth-order valence-electron chi connectivity index (χ4n) is 1.99. The van der Waals surface area contributed by atoms with Crippen molar-refractivity contribution in [3.63, 3.8) is 0 Å². The van der Waals surface area contributed by atoms with Crippen molar-refractivity contribution in [2.24, 2.45) is 0 Å². The standard InChI is InChI=1S/C14H11BrClNO2/c15-11(5-10-3-4-17-7-12(10)16)9-1-2-13-14(6-9)19-8-18-13/h1-4,6-7,11H,5,8H2. The predicted octanol–water partition coefficient (Wildman–Crippen LogP) is 4.14. The van der Waals surface area contributed by atoms with Gasteiger partial charge in [0.15, 0.2) is 11.5 Å². The Hall–Kier alpha value is -1.26. The van der Waals surface area contributed by atoms with Crippen LogP contribution in [0.5, 0.6) is 11.5 Å². The van der Waals surface area contributed by atoms with Crippen LogP contribution in [0.3, 0.4) is 0 Å². The van der Waals surface area contributed by atoms with E-state index >= 15 is 0 Å². The van der Waals surface area contributed by atoms with Gasteiger partial charge < -0.3 is 9.47 Å². The molecule has 1 atom stereocenters. The van der Waals surface area contributed by atoms with E-state index in [1.54, 1.807) is 12.4 Å². The van der Waals surface area contributed by atoms with E-state index in [9.17, 15) is 0 Å².